The number of Topliss-reactive ketones (excluding diaryl/α,β-unsaturated/α-hetero) is 1. The summed E-state index contributed by atoms with van der Waals surface area (Å²) in [5, 5.41) is 1.50. The fraction of sp³-hybridized carbons (Fsp3) is 0.0526. The zero-order valence-electron chi connectivity index (χ0n) is 12.5. The zero-order valence-corrected chi connectivity index (χ0v) is 12.5. The lowest BCUT2D eigenvalue weighted by Gasteiger charge is -2.09. The van der Waals surface area contributed by atoms with E-state index in [4.69, 9.17) is 4.74 Å². The molecule has 0 aliphatic rings. The summed E-state index contributed by atoms with van der Waals surface area (Å²) in [6.07, 6.45) is 0. The Morgan fingerprint density at radius 2 is 1.61 bits per heavy atom. The van der Waals surface area contributed by atoms with E-state index in [9.17, 15) is 9.59 Å². The monoisotopic (exact) mass is 306 g/mol. The number of esters is 1. The average molecular weight is 306 g/mol. The standard InChI is InChI=1S/C19H14O4/c1-22-19(21)18(20)16-9-5-6-13-10-11-15(12-17(13)16)23-14-7-3-2-4-8-14/h2-12H,1H3. The van der Waals surface area contributed by atoms with Gasteiger partial charge in [-0.15, -0.1) is 0 Å². The Kier molecular flexibility index (Phi) is 4.06. The lowest BCUT2D eigenvalue weighted by molar-refractivity contribution is -0.135. The number of hydrogen-bond acceptors (Lipinski definition) is 4. The summed E-state index contributed by atoms with van der Waals surface area (Å²) >= 11 is 0. The first-order valence-electron chi connectivity index (χ1n) is 7.07. The minimum absolute atomic E-state index is 0.299. The number of fused-ring (bicyclic) bond motifs is 1. The van der Waals surface area contributed by atoms with Crippen LogP contribution in [-0.4, -0.2) is 18.9 Å². The van der Waals surface area contributed by atoms with Crippen molar-refractivity contribution in [3.05, 3.63) is 72.3 Å². The predicted octanol–water partition coefficient (Wildman–Crippen LogP) is 3.99. The molecule has 0 unspecified atom stereocenters. The molecule has 0 radical (unpaired) electrons. The summed E-state index contributed by atoms with van der Waals surface area (Å²) in [5.41, 5.74) is 0.299. The highest BCUT2D eigenvalue weighted by Crippen LogP contribution is 2.28. The number of ketones is 1. The highest BCUT2D eigenvalue weighted by atomic mass is 16.5. The number of hydrogen-bond donors (Lipinski definition) is 0. The first-order chi connectivity index (χ1) is 11.2. The van der Waals surface area contributed by atoms with E-state index in [0.29, 0.717) is 22.4 Å². The van der Waals surface area contributed by atoms with E-state index in [1.165, 1.54) is 7.11 Å². The molecule has 3 rings (SSSR count). The molecular formula is C19H14O4. The van der Waals surface area contributed by atoms with Crippen LogP contribution in [0.2, 0.25) is 0 Å². The molecule has 0 bridgehead atoms. The second-order valence-corrected chi connectivity index (χ2v) is 4.92. The summed E-state index contributed by atoms with van der Waals surface area (Å²) in [6.45, 7) is 0. The highest BCUT2D eigenvalue weighted by molar-refractivity contribution is 6.42. The first-order valence-corrected chi connectivity index (χ1v) is 7.07. The number of methoxy groups -OCH3 is 1. The van der Waals surface area contributed by atoms with Crippen LogP contribution in [0.5, 0.6) is 11.5 Å². The smallest absolute Gasteiger partial charge is 0.379 e. The number of benzene rings is 3. The van der Waals surface area contributed by atoms with E-state index in [0.717, 1.165) is 5.39 Å². The third-order valence-corrected chi connectivity index (χ3v) is 3.45. The van der Waals surface area contributed by atoms with Gasteiger partial charge >= 0.3 is 5.97 Å². The van der Waals surface area contributed by atoms with Gasteiger partial charge < -0.3 is 9.47 Å². The second-order valence-electron chi connectivity index (χ2n) is 4.92. The maximum absolute atomic E-state index is 12.1. The average Bonchev–Trinajstić information content (AvgIpc) is 2.60. The van der Waals surface area contributed by atoms with Crippen molar-refractivity contribution in [2.45, 2.75) is 0 Å². The Bertz CT molecular complexity index is 869. The van der Waals surface area contributed by atoms with Gasteiger partial charge in [0.15, 0.2) is 0 Å². The van der Waals surface area contributed by atoms with Crippen LogP contribution in [0.1, 0.15) is 10.4 Å². The molecule has 114 valence electrons. The second kappa shape index (κ2) is 6.32. The Hall–Kier alpha value is -3.14. The van der Waals surface area contributed by atoms with Crippen LogP contribution in [0.15, 0.2) is 66.7 Å². The number of rotatable bonds is 4. The van der Waals surface area contributed by atoms with Crippen LogP contribution < -0.4 is 4.74 Å². The van der Waals surface area contributed by atoms with Crippen molar-refractivity contribution in [3.8, 4) is 11.5 Å². The van der Waals surface area contributed by atoms with Crippen molar-refractivity contribution < 1.29 is 19.1 Å². The van der Waals surface area contributed by atoms with E-state index >= 15 is 0 Å². The summed E-state index contributed by atoms with van der Waals surface area (Å²) in [5.74, 6) is -0.265. The highest BCUT2D eigenvalue weighted by Gasteiger charge is 2.19. The van der Waals surface area contributed by atoms with Gasteiger partial charge in [0.25, 0.3) is 5.78 Å². The van der Waals surface area contributed by atoms with Crippen LogP contribution in [-0.2, 0) is 9.53 Å². The third kappa shape index (κ3) is 3.06. The maximum Gasteiger partial charge on any atom is 0.379 e. The van der Waals surface area contributed by atoms with Crippen molar-refractivity contribution in [1.82, 2.24) is 0 Å². The molecule has 0 saturated heterocycles. The number of para-hydroxylation sites is 1. The zero-order chi connectivity index (χ0) is 16.2. The maximum atomic E-state index is 12.1. The fourth-order valence-corrected chi connectivity index (χ4v) is 2.34. The summed E-state index contributed by atoms with van der Waals surface area (Å²) < 4.78 is 10.3. The molecule has 0 aliphatic heterocycles. The molecule has 0 aromatic heterocycles. The van der Waals surface area contributed by atoms with Crippen molar-refractivity contribution in [1.29, 1.82) is 0 Å². The van der Waals surface area contributed by atoms with Gasteiger partial charge in [-0.2, -0.15) is 0 Å². The fourth-order valence-electron chi connectivity index (χ4n) is 2.34. The molecule has 0 amide bonds. The lowest BCUT2D eigenvalue weighted by atomic mass is 10.0. The van der Waals surface area contributed by atoms with Gasteiger partial charge in [0.2, 0.25) is 0 Å². The Morgan fingerprint density at radius 1 is 0.826 bits per heavy atom. The van der Waals surface area contributed by atoms with E-state index in [1.54, 1.807) is 18.2 Å². The molecule has 0 atom stereocenters. The van der Waals surface area contributed by atoms with Gasteiger partial charge in [0, 0.05) is 5.56 Å². The molecule has 0 N–H and O–H groups in total. The largest absolute Gasteiger partial charge is 0.463 e. The van der Waals surface area contributed by atoms with Crippen molar-refractivity contribution in [2.24, 2.45) is 0 Å². The van der Waals surface area contributed by atoms with Crippen molar-refractivity contribution in [3.63, 3.8) is 0 Å². The molecule has 0 saturated carbocycles. The summed E-state index contributed by atoms with van der Waals surface area (Å²) in [6, 6.07) is 20.0. The van der Waals surface area contributed by atoms with E-state index in [1.807, 2.05) is 48.5 Å². The molecule has 0 spiro atoms. The molecule has 0 fully saturated rings. The van der Waals surface area contributed by atoms with E-state index < -0.39 is 11.8 Å². The predicted molar refractivity (Wildman–Crippen MR) is 86.8 cm³/mol. The summed E-state index contributed by atoms with van der Waals surface area (Å²) in [7, 11) is 1.19. The minimum atomic E-state index is -0.883. The van der Waals surface area contributed by atoms with Crippen molar-refractivity contribution in [2.75, 3.05) is 7.11 Å². The van der Waals surface area contributed by atoms with E-state index in [-0.39, 0.29) is 0 Å². The molecule has 0 aliphatic carbocycles. The Balaban J connectivity index is 2.04. The quantitative estimate of drug-likeness (QED) is 0.415. The number of ether oxygens (including phenoxy) is 2. The van der Waals surface area contributed by atoms with Crippen LogP contribution in [0.25, 0.3) is 10.8 Å². The topological polar surface area (TPSA) is 52.6 Å². The van der Waals surface area contributed by atoms with Crippen LogP contribution in [0.3, 0.4) is 0 Å². The Morgan fingerprint density at radius 3 is 2.35 bits per heavy atom. The van der Waals surface area contributed by atoms with Crippen LogP contribution in [0, 0.1) is 0 Å². The molecule has 3 aromatic rings. The molecule has 3 aromatic carbocycles. The van der Waals surface area contributed by atoms with Gasteiger partial charge in [0.1, 0.15) is 11.5 Å². The van der Waals surface area contributed by atoms with Gasteiger partial charge in [-0.25, -0.2) is 4.79 Å². The van der Waals surface area contributed by atoms with E-state index in [2.05, 4.69) is 4.74 Å². The molecule has 23 heavy (non-hydrogen) atoms. The van der Waals surface area contributed by atoms with Crippen LogP contribution in [0.4, 0.5) is 0 Å². The molecule has 4 nitrogen and oxygen atoms in total. The van der Waals surface area contributed by atoms with Gasteiger partial charge in [-0.3, -0.25) is 4.79 Å². The summed E-state index contributed by atoms with van der Waals surface area (Å²) in [4.78, 5) is 23.7. The molecule has 0 heterocycles. The number of carbonyl (C=O) groups is 2. The van der Waals surface area contributed by atoms with Crippen molar-refractivity contribution >= 4 is 22.5 Å². The van der Waals surface area contributed by atoms with Gasteiger partial charge in [0.05, 0.1) is 7.11 Å². The Labute approximate surface area is 133 Å². The third-order valence-electron chi connectivity index (χ3n) is 3.45. The SMILES string of the molecule is COC(=O)C(=O)c1cccc2ccc(Oc3ccccc3)cc12. The number of carbonyl (C=O) groups excluding carboxylic acids is 2. The lowest BCUT2D eigenvalue weighted by Crippen LogP contribution is -2.15. The first kappa shape index (κ1) is 14.8. The normalized spacial score (nSPS) is 10.3. The van der Waals surface area contributed by atoms with Gasteiger partial charge in [-0.1, -0.05) is 42.5 Å². The minimum Gasteiger partial charge on any atom is -0.463 e. The van der Waals surface area contributed by atoms with Crippen LogP contribution >= 0.6 is 0 Å². The molecule has 4 heteroatoms. The van der Waals surface area contributed by atoms with Gasteiger partial charge in [-0.05, 0) is 35.0 Å². The molecular weight excluding hydrogens is 292 g/mol.